The number of hydrogen-bond acceptors (Lipinski definition) is 3. The van der Waals surface area contributed by atoms with E-state index in [0.717, 1.165) is 32.1 Å². The van der Waals surface area contributed by atoms with Gasteiger partial charge in [-0.05, 0) is 44.9 Å². The molecule has 0 aromatic heterocycles. The molecule has 2 fully saturated rings. The molecular weight excluding hydrogens is 614 g/mol. The fraction of sp³-hybridized carbons (Fsp3) is 0.907. The van der Waals surface area contributed by atoms with Gasteiger partial charge in [-0.15, -0.1) is 0 Å². The van der Waals surface area contributed by atoms with Crippen molar-refractivity contribution >= 4 is 0 Å². The maximum Gasteiger partial charge on any atom is 0.169 e. The van der Waals surface area contributed by atoms with Crippen LogP contribution in [0, 0.1) is 5.21 Å². The maximum absolute atomic E-state index is 12.0. The Morgan fingerprint density at radius 2 is 0.854 bits per heavy atom. The number of nitrogens with one attached hydrogen (secondary N) is 1. The van der Waals surface area contributed by atoms with E-state index in [4.69, 9.17) is 9.47 Å². The first-order valence-electron chi connectivity index (χ1n) is 21.3. The Kier molecular flexibility index (Phi) is 29.8. The van der Waals surface area contributed by atoms with Crippen molar-refractivity contribution in [2.45, 2.75) is 243 Å². The number of hydrogen-bond donors (Lipinski definition) is 1. The number of quaternary nitrogens is 1. The standard InChI is InChI=1S/C43H81NO3.ClH/c1-4-6-8-10-12-14-16-18-20-22-24-26-28-30-32-34-36-43(46-41-38-40(44(3)45)39-42(41)47-43)37-35-33-31-29-27-25-23-21-19-17-15-13-11-9-7-5-2;/h12,14,18,20,40-42,44H,4-11,13,15-17,19,21-39H2,1-3H3;1H/p-1/b14-12+,20-18+;/t40?,41-,42?,43?;/m0./s1. The summed E-state index contributed by atoms with van der Waals surface area (Å²) in [4.78, 5) is 0. The minimum atomic E-state index is -0.387. The lowest BCUT2D eigenvalue weighted by atomic mass is 9.98. The quantitative estimate of drug-likeness (QED) is 0.0423. The van der Waals surface area contributed by atoms with Crippen molar-refractivity contribution in [3.8, 4) is 0 Å². The van der Waals surface area contributed by atoms with E-state index < -0.39 is 0 Å². The van der Waals surface area contributed by atoms with Crippen molar-refractivity contribution in [3.63, 3.8) is 0 Å². The van der Waals surface area contributed by atoms with E-state index >= 15 is 0 Å². The molecule has 48 heavy (non-hydrogen) atoms. The molecule has 4 nitrogen and oxygen atoms in total. The van der Waals surface area contributed by atoms with E-state index in [1.165, 1.54) is 173 Å². The summed E-state index contributed by atoms with van der Waals surface area (Å²) in [7, 11) is 1.74. The predicted molar refractivity (Wildman–Crippen MR) is 204 cm³/mol. The molecule has 2 rings (SSSR count). The van der Waals surface area contributed by atoms with Gasteiger partial charge in [-0.1, -0.05) is 173 Å². The second-order valence-corrected chi connectivity index (χ2v) is 15.4. The summed E-state index contributed by atoms with van der Waals surface area (Å²) in [5, 5.41) is 12.3. The minimum absolute atomic E-state index is 0. The molecule has 0 amide bonds. The third-order valence-corrected chi connectivity index (χ3v) is 10.9. The smallest absolute Gasteiger partial charge is 0.169 e. The van der Waals surface area contributed by atoms with Gasteiger partial charge in [0.2, 0.25) is 0 Å². The van der Waals surface area contributed by atoms with Crippen molar-refractivity contribution in [2.75, 3.05) is 7.05 Å². The molecule has 0 bridgehead atoms. The summed E-state index contributed by atoms with van der Waals surface area (Å²) < 4.78 is 13.4. The van der Waals surface area contributed by atoms with Crippen LogP contribution < -0.4 is 17.5 Å². The molecule has 1 N–H and O–H groups in total. The summed E-state index contributed by atoms with van der Waals surface area (Å²) in [6, 6.07) is 0.139. The second kappa shape index (κ2) is 31.4. The first-order chi connectivity index (χ1) is 23.1. The van der Waals surface area contributed by atoms with Gasteiger partial charge in [0, 0.05) is 25.7 Å². The van der Waals surface area contributed by atoms with Crippen LogP contribution in [0.2, 0.25) is 0 Å². The SMILES string of the molecule is CCCCC/C=C/C/C=C/CCCCCCCCC1(CCCCCCCCCCCCCCCCCC)OC2CC([NH+](C)[O-])C[C@@H]2O1.[Cl-]. The van der Waals surface area contributed by atoms with Crippen LogP contribution >= 0.6 is 0 Å². The zero-order valence-corrected chi connectivity index (χ0v) is 33.0. The summed E-state index contributed by atoms with van der Waals surface area (Å²) in [6.07, 6.45) is 51.1. The summed E-state index contributed by atoms with van der Waals surface area (Å²) in [5.74, 6) is -0.387. The Bertz CT molecular complexity index is 742. The highest BCUT2D eigenvalue weighted by atomic mass is 35.5. The van der Waals surface area contributed by atoms with Gasteiger partial charge in [0.25, 0.3) is 0 Å². The van der Waals surface area contributed by atoms with Crippen LogP contribution in [0.5, 0.6) is 0 Å². The van der Waals surface area contributed by atoms with Crippen LogP contribution in [0.3, 0.4) is 0 Å². The van der Waals surface area contributed by atoms with Crippen molar-refractivity contribution < 1.29 is 26.9 Å². The van der Waals surface area contributed by atoms with Crippen LogP contribution in [-0.4, -0.2) is 31.1 Å². The first-order valence-corrected chi connectivity index (χ1v) is 21.3. The van der Waals surface area contributed by atoms with Gasteiger partial charge in [-0.25, -0.2) is 0 Å². The van der Waals surface area contributed by atoms with Crippen LogP contribution in [0.15, 0.2) is 24.3 Å². The van der Waals surface area contributed by atoms with Crippen LogP contribution in [0.4, 0.5) is 0 Å². The molecule has 284 valence electrons. The number of hydroxylamine groups is 2. The topological polar surface area (TPSA) is 46.0 Å². The summed E-state index contributed by atoms with van der Waals surface area (Å²) in [6.45, 7) is 4.56. The molecule has 1 saturated heterocycles. The molecule has 1 aliphatic carbocycles. The van der Waals surface area contributed by atoms with E-state index in [1.807, 2.05) is 0 Å². The maximum atomic E-state index is 12.0. The number of rotatable bonds is 33. The van der Waals surface area contributed by atoms with Crippen LogP contribution in [0.25, 0.3) is 0 Å². The zero-order chi connectivity index (χ0) is 33.7. The third-order valence-electron chi connectivity index (χ3n) is 10.9. The number of unbranched alkanes of at least 4 members (excludes halogenated alkanes) is 24. The Morgan fingerprint density at radius 1 is 0.521 bits per heavy atom. The van der Waals surface area contributed by atoms with Gasteiger partial charge in [0.15, 0.2) is 5.79 Å². The molecular formula is C43H81ClNO3-. The molecule has 1 aliphatic heterocycles. The second-order valence-electron chi connectivity index (χ2n) is 15.4. The minimum Gasteiger partial charge on any atom is -1.00 e. The molecule has 4 unspecified atom stereocenters. The fourth-order valence-corrected chi connectivity index (χ4v) is 7.81. The van der Waals surface area contributed by atoms with Gasteiger partial charge in [0.05, 0.1) is 25.3 Å². The van der Waals surface area contributed by atoms with E-state index in [9.17, 15) is 5.21 Å². The van der Waals surface area contributed by atoms with Gasteiger partial charge in [0.1, 0.15) is 0 Å². The first kappa shape index (κ1) is 45.6. The molecule has 0 aromatic carbocycles. The van der Waals surface area contributed by atoms with E-state index in [0.29, 0.717) is 5.06 Å². The lowest BCUT2D eigenvalue weighted by Gasteiger charge is -2.31. The van der Waals surface area contributed by atoms with E-state index in [-0.39, 0.29) is 36.4 Å². The number of ether oxygens (including phenoxy) is 2. The zero-order valence-electron chi connectivity index (χ0n) is 32.3. The van der Waals surface area contributed by atoms with Crippen molar-refractivity contribution in [3.05, 3.63) is 29.5 Å². The van der Waals surface area contributed by atoms with Crippen molar-refractivity contribution in [1.29, 1.82) is 0 Å². The number of allylic oxidation sites excluding steroid dienone is 4. The van der Waals surface area contributed by atoms with Gasteiger partial charge in [-0.2, -0.15) is 0 Å². The molecule has 5 atom stereocenters. The van der Waals surface area contributed by atoms with Crippen molar-refractivity contribution in [1.82, 2.24) is 0 Å². The Labute approximate surface area is 306 Å². The predicted octanol–water partition coefficient (Wildman–Crippen LogP) is 9.50. The molecule has 2 aliphatic rings. The molecule has 1 heterocycles. The lowest BCUT2D eigenvalue weighted by molar-refractivity contribution is -0.854. The summed E-state index contributed by atoms with van der Waals surface area (Å²) in [5.41, 5.74) is 0. The highest BCUT2D eigenvalue weighted by Crippen LogP contribution is 2.43. The highest BCUT2D eigenvalue weighted by Gasteiger charge is 2.52. The normalized spacial score (nSPS) is 23.0. The molecule has 0 aromatic rings. The van der Waals surface area contributed by atoms with Gasteiger partial charge >= 0.3 is 0 Å². The Hall–Kier alpha value is -0.390. The van der Waals surface area contributed by atoms with E-state index in [1.54, 1.807) is 7.05 Å². The largest absolute Gasteiger partial charge is 1.00 e. The van der Waals surface area contributed by atoms with Gasteiger partial charge < -0.3 is 32.2 Å². The number of fused-ring (bicyclic) bond motifs is 1. The number of halogens is 1. The highest BCUT2D eigenvalue weighted by molar-refractivity contribution is 4.94. The molecule has 5 heteroatoms. The molecule has 0 radical (unpaired) electrons. The Morgan fingerprint density at radius 3 is 1.25 bits per heavy atom. The van der Waals surface area contributed by atoms with Crippen LogP contribution in [-0.2, 0) is 9.47 Å². The van der Waals surface area contributed by atoms with Crippen LogP contribution in [0.1, 0.15) is 219 Å². The Balaban J connectivity index is 0.0000115. The average molecular weight is 696 g/mol. The van der Waals surface area contributed by atoms with Crippen molar-refractivity contribution in [2.24, 2.45) is 0 Å². The average Bonchev–Trinajstić information content (AvgIpc) is 3.61. The lowest BCUT2D eigenvalue weighted by Crippen LogP contribution is -3.08. The summed E-state index contributed by atoms with van der Waals surface area (Å²) >= 11 is 0. The third kappa shape index (κ3) is 22.4. The fourth-order valence-electron chi connectivity index (χ4n) is 7.81. The molecule has 1 saturated carbocycles. The molecule has 0 spiro atoms. The van der Waals surface area contributed by atoms with E-state index in [2.05, 4.69) is 38.2 Å². The monoisotopic (exact) mass is 695 g/mol. The van der Waals surface area contributed by atoms with Gasteiger partial charge in [-0.3, -0.25) is 0 Å².